The van der Waals surface area contributed by atoms with Gasteiger partial charge < -0.3 is 15.4 Å². The average molecular weight is 294 g/mol. The van der Waals surface area contributed by atoms with E-state index in [1.165, 1.54) is 0 Å². The third-order valence-corrected chi connectivity index (χ3v) is 4.45. The molecule has 1 aliphatic rings. The molecule has 0 amide bonds. The van der Waals surface area contributed by atoms with Crippen molar-refractivity contribution in [3.8, 4) is 0 Å². The number of benzene rings is 1. The van der Waals surface area contributed by atoms with E-state index in [0.29, 0.717) is 11.1 Å². The van der Waals surface area contributed by atoms with Gasteiger partial charge in [0.1, 0.15) is 6.23 Å². The van der Waals surface area contributed by atoms with Crippen LogP contribution in [0.2, 0.25) is 5.02 Å². The highest BCUT2D eigenvalue weighted by Crippen LogP contribution is 2.28. The van der Waals surface area contributed by atoms with Gasteiger partial charge in [0.25, 0.3) is 0 Å². The van der Waals surface area contributed by atoms with E-state index in [4.69, 9.17) is 11.6 Å². The van der Waals surface area contributed by atoms with Crippen LogP contribution in [0.1, 0.15) is 24.8 Å². The number of nitrogens with one attached hydrogen (secondary N) is 2. The number of aliphatic hydroxyl groups is 1. The number of aliphatic hydroxyl groups excluding tert-OH is 1. The molecule has 0 saturated carbocycles. The smallest absolute Gasteiger partial charge is 0.148 e. The van der Waals surface area contributed by atoms with Gasteiger partial charge in [0.05, 0.1) is 16.2 Å². The zero-order valence-electron chi connectivity index (χ0n) is 11.6. The van der Waals surface area contributed by atoms with Gasteiger partial charge in [-0.25, -0.2) is 0 Å². The molecule has 2 unspecified atom stereocenters. The zero-order valence-corrected chi connectivity index (χ0v) is 12.3. The number of hydrogen-bond acceptors (Lipinski definition) is 3. The Kier molecular flexibility index (Phi) is 3.98. The van der Waals surface area contributed by atoms with Crippen molar-refractivity contribution in [3.05, 3.63) is 35.0 Å². The average Bonchev–Trinajstić information content (AvgIpc) is 2.92. The van der Waals surface area contributed by atoms with Gasteiger partial charge in [-0.3, -0.25) is 4.90 Å². The molecular weight excluding hydrogens is 274 g/mol. The van der Waals surface area contributed by atoms with Crippen molar-refractivity contribution in [2.75, 3.05) is 20.1 Å². The van der Waals surface area contributed by atoms with E-state index in [1.807, 2.05) is 36.2 Å². The SMILES string of the molecule is CN(C1CCCNC1)C(O)c1cc2cccc(Cl)c2[nH]1. The Morgan fingerprint density at radius 1 is 1.45 bits per heavy atom. The molecule has 0 bridgehead atoms. The van der Waals surface area contributed by atoms with Crippen molar-refractivity contribution >= 4 is 22.5 Å². The van der Waals surface area contributed by atoms with Crippen LogP contribution in [0.5, 0.6) is 0 Å². The van der Waals surface area contributed by atoms with Crippen LogP contribution in [0, 0.1) is 0 Å². The second-order valence-electron chi connectivity index (χ2n) is 5.47. The first-order chi connectivity index (χ1) is 9.66. The van der Waals surface area contributed by atoms with Gasteiger partial charge in [0, 0.05) is 18.0 Å². The number of H-pyrrole nitrogens is 1. The summed E-state index contributed by atoms with van der Waals surface area (Å²) >= 11 is 6.17. The number of rotatable bonds is 3. The quantitative estimate of drug-likeness (QED) is 0.762. The van der Waals surface area contributed by atoms with Gasteiger partial charge >= 0.3 is 0 Å². The van der Waals surface area contributed by atoms with Crippen LogP contribution in [0.25, 0.3) is 10.9 Å². The Morgan fingerprint density at radius 3 is 3.00 bits per heavy atom. The predicted molar refractivity (Wildman–Crippen MR) is 81.9 cm³/mol. The van der Waals surface area contributed by atoms with Crippen LogP contribution in [0.15, 0.2) is 24.3 Å². The number of hydrogen-bond donors (Lipinski definition) is 3. The maximum Gasteiger partial charge on any atom is 0.148 e. The van der Waals surface area contributed by atoms with E-state index in [-0.39, 0.29) is 0 Å². The van der Waals surface area contributed by atoms with E-state index in [0.717, 1.165) is 42.5 Å². The third-order valence-electron chi connectivity index (χ3n) is 4.14. The first-order valence-corrected chi connectivity index (χ1v) is 7.42. The minimum absolute atomic E-state index is 0.362. The van der Waals surface area contributed by atoms with Gasteiger partial charge in [0.2, 0.25) is 0 Å². The van der Waals surface area contributed by atoms with E-state index in [1.54, 1.807) is 0 Å². The molecular formula is C15H20ClN3O. The predicted octanol–water partition coefficient (Wildman–Crippen LogP) is 2.50. The lowest BCUT2D eigenvalue weighted by atomic mass is 10.1. The molecule has 108 valence electrons. The highest BCUT2D eigenvalue weighted by Gasteiger charge is 2.25. The molecule has 0 radical (unpaired) electrons. The number of para-hydroxylation sites is 1. The Hall–Kier alpha value is -1.07. The van der Waals surface area contributed by atoms with E-state index in [2.05, 4.69) is 10.3 Å². The summed E-state index contributed by atoms with van der Waals surface area (Å²) < 4.78 is 0. The molecule has 4 nitrogen and oxygen atoms in total. The maximum absolute atomic E-state index is 10.6. The van der Waals surface area contributed by atoms with Gasteiger partial charge in [-0.1, -0.05) is 23.7 Å². The monoisotopic (exact) mass is 293 g/mol. The first-order valence-electron chi connectivity index (χ1n) is 7.04. The molecule has 1 saturated heterocycles. The summed E-state index contributed by atoms with van der Waals surface area (Å²) in [4.78, 5) is 5.26. The van der Waals surface area contributed by atoms with Crippen LogP contribution in [0.4, 0.5) is 0 Å². The van der Waals surface area contributed by atoms with E-state index >= 15 is 0 Å². The number of nitrogens with zero attached hydrogens (tertiary/aromatic N) is 1. The van der Waals surface area contributed by atoms with Crippen molar-refractivity contribution in [2.24, 2.45) is 0 Å². The molecule has 1 aromatic heterocycles. The summed E-state index contributed by atoms with van der Waals surface area (Å²) in [6.07, 6.45) is 1.63. The van der Waals surface area contributed by atoms with Crippen molar-refractivity contribution in [1.29, 1.82) is 0 Å². The number of halogens is 1. The molecule has 2 atom stereocenters. The second kappa shape index (κ2) is 5.74. The number of likely N-dealkylation sites (N-methyl/N-ethyl adjacent to an activating group) is 1. The molecule has 1 fully saturated rings. The summed E-state index contributed by atoms with van der Waals surface area (Å²) in [5, 5.41) is 15.6. The summed E-state index contributed by atoms with van der Waals surface area (Å²) in [5.74, 6) is 0. The third kappa shape index (κ3) is 2.56. The Labute approximate surface area is 123 Å². The summed E-state index contributed by atoms with van der Waals surface area (Å²) in [6, 6.07) is 8.10. The second-order valence-corrected chi connectivity index (χ2v) is 5.88. The van der Waals surface area contributed by atoms with Gasteiger partial charge in [0.15, 0.2) is 0 Å². The van der Waals surface area contributed by atoms with Crippen molar-refractivity contribution < 1.29 is 5.11 Å². The van der Waals surface area contributed by atoms with Gasteiger partial charge in [-0.05, 0) is 38.6 Å². The highest BCUT2D eigenvalue weighted by molar-refractivity contribution is 6.35. The number of aromatic amines is 1. The number of fused-ring (bicyclic) bond motifs is 1. The first kappa shape index (κ1) is 13.9. The number of aromatic nitrogens is 1. The number of piperidine rings is 1. The minimum Gasteiger partial charge on any atom is -0.373 e. The molecule has 20 heavy (non-hydrogen) atoms. The fourth-order valence-electron chi connectivity index (χ4n) is 2.88. The molecule has 1 aliphatic heterocycles. The lowest BCUT2D eigenvalue weighted by molar-refractivity contribution is -0.0165. The molecule has 2 heterocycles. The molecule has 0 aliphatic carbocycles. The zero-order chi connectivity index (χ0) is 14.1. The van der Waals surface area contributed by atoms with Crippen LogP contribution >= 0.6 is 11.6 Å². The van der Waals surface area contributed by atoms with E-state index < -0.39 is 6.23 Å². The minimum atomic E-state index is -0.636. The van der Waals surface area contributed by atoms with Crippen LogP contribution < -0.4 is 5.32 Å². The summed E-state index contributed by atoms with van der Waals surface area (Å²) in [5.41, 5.74) is 1.68. The van der Waals surface area contributed by atoms with Gasteiger partial charge in [-0.2, -0.15) is 0 Å². The fourth-order valence-corrected chi connectivity index (χ4v) is 3.11. The van der Waals surface area contributed by atoms with Crippen molar-refractivity contribution in [2.45, 2.75) is 25.1 Å². The van der Waals surface area contributed by atoms with E-state index in [9.17, 15) is 5.11 Å². The summed E-state index contributed by atoms with van der Waals surface area (Å²) in [7, 11) is 1.97. The highest BCUT2D eigenvalue weighted by atomic mass is 35.5. The molecule has 5 heteroatoms. The van der Waals surface area contributed by atoms with Crippen LogP contribution in [-0.2, 0) is 0 Å². The summed E-state index contributed by atoms with van der Waals surface area (Å²) in [6.45, 7) is 2.00. The largest absolute Gasteiger partial charge is 0.373 e. The Balaban J connectivity index is 1.84. The van der Waals surface area contributed by atoms with Crippen LogP contribution in [-0.4, -0.2) is 41.2 Å². The lowest BCUT2D eigenvalue weighted by Gasteiger charge is -2.34. The van der Waals surface area contributed by atoms with Crippen molar-refractivity contribution in [3.63, 3.8) is 0 Å². The molecule has 1 aromatic carbocycles. The molecule has 3 N–H and O–H groups in total. The van der Waals surface area contributed by atoms with Crippen molar-refractivity contribution in [1.82, 2.24) is 15.2 Å². The van der Waals surface area contributed by atoms with Gasteiger partial charge in [-0.15, -0.1) is 0 Å². The normalized spacial score (nSPS) is 21.5. The lowest BCUT2D eigenvalue weighted by Crippen LogP contribution is -2.45. The topological polar surface area (TPSA) is 51.3 Å². The van der Waals surface area contributed by atoms with Crippen LogP contribution in [0.3, 0.4) is 0 Å². The molecule has 2 aromatic rings. The molecule has 3 rings (SSSR count). The maximum atomic E-state index is 10.6. The Bertz CT molecular complexity index is 592. The standard InChI is InChI=1S/C15H20ClN3O/c1-19(11-5-3-7-17-9-11)15(20)13-8-10-4-2-6-12(16)14(10)18-13/h2,4,6,8,11,15,17-18,20H,3,5,7,9H2,1H3. The molecule has 0 spiro atoms. The fraction of sp³-hybridized carbons (Fsp3) is 0.467. The Morgan fingerprint density at radius 2 is 2.30 bits per heavy atom.